The Balaban J connectivity index is 1.44. The number of carbonyl (C=O) groups is 1. The van der Waals surface area contributed by atoms with Crippen LogP contribution in [0.15, 0.2) is 41.0 Å². The van der Waals surface area contributed by atoms with Gasteiger partial charge in [-0.15, -0.1) is 0 Å². The van der Waals surface area contributed by atoms with Gasteiger partial charge in [-0.3, -0.25) is 4.79 Å². The Kier molecular flexibility index (Phi) is 4.29. The maximum absolute atomic E-state index is 11.9. The first-order chi connectivity index (χ1) is 10.7. The van der Waals surface area contributed by atoms with E-state index in [0.29, 0.717) is 13.1 Å². The van der Waals surface area contributed by atoms with Gasteiger partial charge >= 0.3 is 0 Å². The fourth-order valence-corrected chi connectivity index (χ4v) is 2.27. The third-order valence-corrected chi connectivity index (χ3v) is 3.58. The first kappa shape index (κ1) is 14.5. The average molecular weight is 303 g/mol. The Hall–Kier alpha value is -2.47. The molecule has 0 bridgehead atoms. The molecule has 0 saturated carbocycles. The van der Waals surface area contributed by atoms with Crippen molar-refractivity contribution in [2.24, 2.45) is 0 Å². The summed E-state index contributed by atoms with van der Waals surface area (Å²) < 4.78 is 15.9. The number of carbonyl (C=O) groups excluding carboxylic acids is 1. The van der Waals surface area contributed by atoms with Crippen LogP contribution in [0.25, 0.3) is 0 Å². The van der Waals surface area contributed by atoms with Crippen LogP contribution in [0.3, 0.4) is 0 Å². The Bertz CT molecular complexity index is 640. The number of quaternary nitrogens is 1. The number of amides is 1. The number of fused-ring (bicyclic) bond motifs is 1. The van der Waals surface area contributed by atoms with Crippen LogP contribution in [-0.4, -0.2) is 19.2 Å². The van der Waals surface area contributed by atoms with E-state index in [1.54, 1.807) is 6.26 Å². The van der Waals surface area contributed by atoms with Crippen LogP contribution < -0.4 is 20.1 Å². The summed E-state index contributed by atoms with van der Waals surface area (Å²) in [5, 5.41) is 4.83. The molecule has 6 heteroatoms. The van der Waals surface area contributed by atoms with Crippen LogP contribution in [0.1, 0.15) is 24.3 Å². The van der Waals surface area contributed by atoms with Gasteiger partial charge in [0.2, 0.25) is 6.79 Å². The first-order valence-corrected chi connectivity index (χ1v) is 7.24. The number of nitrogens with two attached hydrogens (primary N) is 1. The summed E-state index contributed by atoms with van der Waals surface area (Å²) in [6.45, 7) is 3.08. The maximum Gasteiger partial charge on any atom is 0.275 e. The molecule has 0 saturated heterocycles. The molecule has 0 aliphatic carbocycles. The molecule has 1 aromatic heterocycles. The number of hydrogen-bond acceptors (Lipinski definition) is 4. The highest BCUT2D eigenvalue weighted by Gasteiger charge is 2.15. The average Bonchev–Trinajstić information content (AvgIpc) is 3.20. The fraction of sp³-hybridized carbons (Fsp3) is 0.312. The molecular weight excluding hydrogens is 284 g/mol. The summed E-state index contributed by atoms with van der Waals surface area (Å²) >= 11 is 0. The highest BCUT2D eigenvalue weighted by atomic mass is 16.7. The van der Waals surface area contributed by atoms with E-state index in [9.17, 15) is 4.79 Å². The molecule has 2 aromatic rings. The second-order valence-electron chi connectivity index (χ2n) is 5.21. The van der Waals surface area contributed by atoms with Crippen molar-refractivity contribution in [1.82, 2.24) is 5.32 Å². The van der Waals surface area contributed by atoms with Crippen LogP contribution in [0, 0.1) is 0 Å². The van der Waals surface area contributed by atoms with Gasteiger partial charge in [0.25, 0.3) is 5.91 Å². The molecule has 6 nitrogen and oxygen atoms in total. The van der Waals surface area contributed by atoms with Crippen molar-refractivity contribution in [3.05, 3.63) is 47.9 Å². The molecule has 22 heavy (non-hydrogen) atoms. The molecule has 3 rings (SSSR count). The molecule has 2 heterocycles. The summed E-state index contributed by atoms with van der Waals surface area (Å²) in [6, 6.07) is 9.53. The molecule has 1 atom stereocenters. The van der Waals surface area contributed by atoms with Crippen LogP contribution in [-0.2, 0) is 11.3 Å². The van der Waals surface area contributed by atoms with Gasteiger partial charge in [0, 0.05) is 6.54 Å². The summed E-state index contributed by atoms with van der Waals surface area (Å²) in [6.07, 6.45) is 1.64. The van der Waals surface area contributed by atoms with E-state index < -0.39 is 0 Å². The minimum atomic E-state index is -0.0175. The number of furan rings is 1. The third-order valence-electron chi connectivity index (χ3n) is 3.58. The number of hydrogen-bond donors (Lipinski definition) is 2. The van der Waals surface area contributed by atoms with E-state index >= 15 is 0 Å². The summed E-state index contributed by atoms with van der Waals surface area (Å²) in [5.41, 5.74) is 0.983. The largest absolute Gasteiger partial charge is 0.463 e. The normalized spacial score (nSPS) is 13.9. The minimum absolute atomic E-state index is 0.0175. The molecule has 1 aromatic carbocycles. The minimum Gasteiger partial charge on any atom is -0.463 e. The van der Waals surface area contributed by atoms with Gasteiger partial charge < -0.3 is 24.5 Å². The highest BCUT2D eigenvalue weighted by Crippen LogP contribution is 2.32. The zero-order valence-electron chi connectivity index (χ0n) is 12.4. The van der Waals surface area contributed by atoms with Crippen molar-refractivity contribution in [3.63, 3.8) is 0 Å². The Morgan fingerprint density at radius 2 is 2.18 bits per heavy atom. The third kappa shape index (κ3) is 3.40. The first-order valence-electron chi connectivity index (χ1n) is 7.24. The van der Waals surface area contributed by atoms with Crippen LogP contribution in [0.5, 0.6) is 11.5 Å². The van der Waals surface area contributed by atoms with E-state index in [0.717, 1.165) is 22.8 Å². The Labute approximate surface area is 128 Å². The van der Waals surface area contributed by atoms with Crippen molar-refractivity contribution in [1.29, 1.82) is 0 Å². The lowest BCUT2D eigenvalue weighted by Gasteiger charge is -2.09. The molecule has 1 amide bonds. The predicted molar refractivity (Wildman–Crippen MR) is 78.3 cm³/mol. The number of benzene rings is 1. The van der Waals surface area contributed by atoms with Gasteiger partial charge in [0.05, 0.1) is 6.26 Å². The molecule has 0 unspecified atom stereocenters. The van der Waals surface area contributed by atoms with Crippen molar-refractivity contribution in [2.75, 3.05) is 13.3 Å². The topological polar surface area (TPSA) is 77.3 Å². The van der Waals surface area contributed by atoms with E-state index in [2.05, 4.69) is 5.32 Å². The van der Waals surface area contributed by atoms with E-state index in [-0.39, 0.29) is 18.7 Å². The summed E-state index contributed by atoms with van der Waals surface area (Å²) in [7, 11) is 0. The zero-order chi connectivity index (χ0) is 15.4. The molecule has 1 aliphatic rings. The zero-order valence-corrected chi connectivity index (χ0v) is 12.4. The number of nitrogens with one attached hydrogen (secondary N) is 1. The van der Waals surface area contributed by atoms with E-state index in [1.165, 1.54) is 0 Å². The molecule has 116 valence electrons. The van der Waals surface area contributed by atoms with Crippen LogP contribution in [0.4, 0.5) is 0 Å². The van der Waals surface area contributed by atoms with Crippen LogP contribution >= 0.6 is 0 Å². The van der Waals surface area contributed by atoms with Gasteiger partial charge in [0.1, 0.15) is 6.04 Å². The van der Waals surface area contributed by atoms with Gasteiger partial charge in [-0.1, -0.05) is 6.07 Å². The monoisotopic (exact) mass is 303 g/mol. The molecule has 1 aliphatic heterocycles. The molecule has 0 fully saturated rings. The summed E-state index contributed by atoms with van der Waals surface area (Å²) in [4.78, 5) is 11.9. The van der Waals surface area contributed by atoms with Crippen molar-refractivity contribution in [2.45, 2.75) is 19.5 Å². The lowest BCUT2D eigenvalue weighted by Crippen LogP contribution is -2.86. The lowest BCUT2D eigenvalue weighted by molar-refractivity contribution is -0.684. The van der Waals surface area contributed by atoms with Gasteiger partial charge in [-0.25, -0.2) is 0 Å². The van der Waals surface area contributed by atoms with Gasteiger partial charge in [-0.2, -0.15) is 0 Å². The van der Waals surface area contributed by atoms with Crippen molar-refractivity contribution >= 4 is 5.91 Å². The number of rotatable bonds is 6. The quantitative estimate of drug-likeness (QED) is 0.833. The Morgan fingerprint density at radius 3 is 3.00 bits per heavy atom. The van der Waals surface area contributed by atoms with E-state index in [1.807, 2.05) is 42.6 Å². The highest BCUT2D eigenvalue weighted by molar-refractivity contribution is 5.76. The predicted octanol–water partition coefficient (Wildman–Crippen LogP) is 0.949. The smallest absolute Gasteiger partial charge is 0.275 e. The van der Waals surface area contributed by atoms with Gasteiger partial charge in [-0.05, 0) is 36.8 Å². The molecular formula is C16H19N2O4+. The molecule has 0 spiro atoms. The molecule has 3 N–H and O–H groups in total. The van der Waals surface area contributed by atoms with E-state index in [4.69, 9.17) is 13.9 Å². The summed E-state index contributed by atoms with van der Waals surface area (Å²) in [5.74, 6) is 2.32. The van der Waals surface area contributed by atoms with Gasteiger partial charge in [0.15, 0.2) is 23.8 Å². The lowest BCUT2D eigenvalue weighted by atomic mass is 10.2. The maximum atomic E-state index is 11.9. The SMILES string of the molecule is C[C@H]([NH2+]CC(=O)NCc1ccc2c(c1)OCO2)c1ccco1. The second-order valence-corrected chi connectivity index (χ2v) is 5.21. The second kappa shape index (κ2) is 6.53. The number of ether oxygens (including phenoxy) is 2. The van der Waals surface area contributed by atoms with Crippen LogP contribution in [0.2, 0.25) is 0 Å². The van der Waals surface area contributed by atoms with Crippen molar-refractivity contribution in [3.8, 4) is 11.5 Å². The van der Waals surface area contributed by atoms with Crippen molar-refractivity contribution < 1.29 is 24.0 Å². The standard InChI is InChI=1S/C16H18N2O4/c1-11(13-3-2-6-20-13)17-9-16(19)18-8-12-4-5-14-15(7-12)22-10-21-14/h2-7,11,17H,8-10H2,1H3,(H,18,19)/p+1/t11-/m0/s1. The fourth-order valence-electron chi connectivity index (χ4n) is 2.27. The molecule has 0 radical (unpaired) electrons. The Morgan fingerprint density at radius 1 is 1.32 bits per heavy atom.